The van der Waals surface area contributed by atoms with Gasteiger partial charge in [0.15, 0.2) is 5.82 Å². The van der Waals surface area contributed by atoms with E-state index in [0.717, 1.165) is 0 Å². The zero-order valence-electron chi connectivity index (χ0n) is 16.9. The summed E-state index contributed by atoms with van der Waals surface area (Å²) in [5, 5.41) is 16.7. The highest BCUT2D eigenvalue weighted by Crippen LogP contribution is 2.56. The normalized spacial score (nSPS) is 25.3. The fourth-order valence-corrected chi connectivity index (χ4v) is 5.48. The molecule has 2 saturated heterocycles. The molecule has 12 heteroatoms. The molecule has 3 unspecified atom stereocenters. The fraction of sp³-hybridized carbons (Fsp3) is 0.500. The van der Waals surface area contributed by atoms with Crippen LogP contribution in [0.1, 0.15) is 37.3 Å². The monoisotopic (exact) mass is 433 g/mol. The van der Waals surface area contributed by atoms with Crippen LogP contribution in [-0.2, 0) is 9.59 Å². The number of aromatic nitrogens is 4. The number of methoxy groups -OCH3 is 2. The molecule has 3 heterocycles. The third-order valence-electron chi connectivity index (χ3n) is 5.36. The van der Waals surface area contributed by atoms with Gasteiger partial charge in [-0.25, -0.2) is 0 Å². The lowest BCUT2D eigenvalue weighted by atomic mass is 9.95. The summed E-state index contributed by atoms with van der Waals surface area (Å²) in [7, 11) is 3.04. The standard InChI is InChI=1S/C18H23N7O4S/c1-18(2)13(14-21-23-24-22-14)25-16(27)12(17(25)30-18)20-15(26)11(19)8-5-9(28-3)7-10(6-8)29-4/h5-7,11-13,17H,19H2,1-4H3,(H,20,26)(H,21,22,23,24)/t11?,12?,13?,17-/m1/s1. The van der Waals surface area contributed by atoms with Gasteiger partial charge in [-0.1, -0.05) is 5.21 Å². The van der Waals surface area contributed by atoms with Gasteiger partial charge in [-0.3, -0.25) is 9.59 Å². The third-order valence-corrected chi connectivity index (χ3v) is 6.93. The Hall–Kier alpha value is -2.86. The second-order valence-corrected chi connectivity index (χ2v) is 9.41. The van der Waals surface area contributed by atoms with Gasteiger partial charge in [0.25, 0.3) is 0 Å². The number of hydrogen-bond donors (Lipinski definition) is 3. The molecule has 0 bridgehead atoms. The molecule has 2 fully saturated rings. The topological polar surface area (TPSA) is 148 Å². The summed E-state index contributed by atoms with van der Waals surface area (Å²) in [5.74, 6) is 0.846. The Morgan fingerprint density at radius 1 is 1.30 bits per heavy atom. The van der Waals surface area contributed by atoms with Crippen LogP contribution in [0.5, 0.6) is 11.5 Å². The minimum Gasteiger partial charge on any atom is -0.497 e. The van der Waals surface area contributed by atoms with Crippen LogP contribution in [-0.4, -0.2) is 67.7 Å². The number of benzene rings is 1. The number of nitrogens with one attached hydrogen (secondary N) is 2. The highest BCUT2D eigenvalue weighted by atomic mass is 32.2. The lowest BCUT2D eigenvalue weighted by Crippen LogP contribution is -2.68. The van der Waals surface area contributed by atoms with Crippen LogP contribution in [0.4, 0.5) is 0 Å². The predicted molar refractivity (Wildman–Crippen MR) is 108 cm³/mol. The molecule has 2 aliphatic heterocycles. The van der Waals surface area contributed by atoms with Crippen molar-refractivity contribution < 1.29 is 19.1 Å². The van der Waals surface area contributed by atoms with E-state index in [1.165, 1.54) is 14.2 Å². The number of H-pyrrole nitrogens is 1. The van der Waals surface area contributed by atoms with Gasteiger partial charge >= 0.3 is 0 Å². The van der Waals surface area contributed by atoms with Gasteiger partial charge in [0.1, 0.15) is 35.0 Å². The summed E-state index contributed by atoms with van der Waals surface area (Å²) < 4.78 is 10.1. The average molecular weight is 433 g/mol. The maximum absolute atomic E-state index is 12.9. The first-order valence-electron chi connectivity index (χ1n) is 9.29. The number of β-lactam (4-membered cyclic amide) rings is 1. The number of aromatic amines is 1. The molecule has 2 amide bonds. The minimum atomic E-state index is -0.983. The molecule has 1 aromatic heterocycles. The molecule has 2 aliphatic rings. The molecule has 0 radical (unpaired) electrons. The zero-order valence-corrected chi connectivity index (χ0v) is 17.8. The summed E-state index contributed by atoms with van der Waals surface area (Å²) >= 11 is 1.59. The second kappa shape index (κ2) is 7.43. The summed E-state index contributed by atoms with van der Waals surface area (Å²) in [4.78, 5) is 27.4. The van der Waals surface area contributed by atoms with Crippen molar-refractivity contribution in [2.75, 3.05) is 14.2 Å². The number of thioether (sulfide) groups is 1. The number of tetrazole rings is 1. The van der Waals surface area contributed by atoms with Gasteiger partial charge in [-0.15, -0.1) is 22.0 Å². The SMILES string of the molecule is COc1cc(OC)cc(C(N)C(=O)NC2C(=O)N3C(c4nn[nH]n4)C(C)(C)S[C@H]23)c1. The van der Waals surface area contributed by atoms with Gasteiger partial charge < -0.3 is 25.4 Å². The van der Waals surface area contributed by atoms with E-state index >= 15 is 0 Å². The van der Waals surface area contributed by atoms with Crippen LogP contribution in [0.3, 0.4) is 0 Å². The van der Waals surface area contributed by atoms with Crippen LogP contribution >= 0.6 is 11.8 Å². The minimum absolute atomic E-state index is 0.198. The van der Waals surface area contributed by atoms with E-state index in [1.807, 2.05) is 13.8 Å². The molecule has 2 aromatic rings. The first-order chi connectivity index (χ1) is 14.3. The Balaban J connectivity index is 1.50. The molecular formula is C18H23N7O4S. The number of fused-ring (bicyclic) bond motifs is 1. The quantitative estimate of drug-likeness (QED) is 0.541. The maximum Gasteiger partial charge on any atom is 0.249 e. The van der Waals surface area contributed by atoms with Gasteiger partial charge in [0, 0.05) is 10.8 Å². The number of nitrogens with two attached hydrogens (primary N) is 1. The molecule has 0 saturated carbocycles. The summed E-state index contributed by atoms with van der Waals surface area (Å²) in [6.07, 6.45) is 0. The fourth-order valence-electron chi connectivity index (χ4n) is 3.85. The summed E-state index contributed by atoms with van der Waals surface area (Å²) in [6.45, 7) is 4.02. The highest BCUT2D eigenvalue weighted by Gasteiger charge is 2.63. The van der Waals surface area contributed by atoms with Crippen molar-refractivity contribution in [2.45, 2.75) is 42.1 Å². The Kier molecular flexibility index (Phi) is 5.06. The van der Waals surface area contributed by atoms with Crippen LogP contribution in [0.25, 0.3) is 0 Å². The molecule has 1 aromatic carbocycles. The first kappa shape index (κ1) is 20.4. The van der Waals surface area contributed by atoms with E-state index in [1.54, 1.807) is 34.9 Å². The summed E-state index contributed by atoms with van der Waals surface area (Å²) in [5.41, 5.74) is 6.69. The van der Waals surface area contributed by atoms with E-state index in [2.05, 4.69) is 25.9 Å². The number of carbonyl (C=O) groups excluding carboxylic acids is 2. The van der Waals surface area contributed by atoms with Crippen LogP contribution in [0, 0.1) is 0 Å². The number of hydrogen-bond acceptors (Lipinski definition) is 9. The van der Waals surface area contributed by atoms with Crippen molar-refractivity contribution in [3.63, 3.8) is 0 Å². The Bertz CT molecular complexity index is 945. The molecule has 0 spiro atoms. The average Bonchev–Trinajstić information content (AvgIpc) is 3.34. The molecular weight excluding hydrogens is 410 g/mol. The third kappa shape index (κ3) is 3.25. The van der Waals surface area contributed by atoms with Crippen LogP contribution in [0.15, 0.2) is 18.2 Å². The Labute approximate surface area is 177 Å². The van der Waals surface area contributed by atoms with Gasteiger partial charge in [0.2, 0.25) is 11.8 Å². The highest BCUT2D eigenvalue weighted by molar-refractivity contribution is 8.01. The van der Waals surface area contributed by atoms with Crippen LogP contribution < -0.4 is 20.5 Å². The van der Waals surface area contributed by atoms with Crippen molar-refractivity contribution in [1.82, 2.24) is 30.8 Å². The first-order valence-corrected chi connectivity index (χ1v) is 10.2. The van der Waals surface area contributed by atoms with Gasteiger partial charge in [-0.05, 0) is 31.5 Å². The summed E-state index contributed by atoms with van der Waals surface area (Å²) in [6, 6.07) is 3.04. The second-order valence-electron chi connectivity index (χ2n) is 7.64. The van der Waals surface area contributed by atoms with Crippen molar-refractivity contribution in [2.24, 2.45) is 5.73 Å². The van der Waals surface area contributed by atoms with E-state index in [4.69, 9.17) is 15.2 Å². The maximum atomic E-state index is 12.9. The van der Waals surface area contributed by atoms with Gasteiger partial charge in [-0.2, -0.15) is 5.21 Å². The van der Waals surface area contributed by atoms with E-state index in [0.29, 0.717) is 22.9 Å². The predicted octanol–water partition coefficient (Wildman–Crippen LogP) is 0.137. The smallest absolute Gasteiger partial charge is 0.249 e. The molecule has 160 valence electrons. The van der Waals surface area contributed by atoms with E-state index in [-0.39, 0.29) is 22.1 Å². The van der Waals surface area contributed by atoms with E-state index in [9.17, 15) is 9.59 Å². The molecule has 4 atom stereocenters. The van der Waals surface area contributed by atoms with E-state index < -0.39 is 18.0 Å². The van der Waals surface area contributed by atoms with Crippen molar-refractivity contribution in [3.8, 4) is 11.5 Å². The number of rotatable bonds is 6. The lowest BCUT2D eigenvalue weighted by molar-refractivity contribution is -0.152. The number of ether oxygens (including phenoxy) is 2. The number of carbonyl (C=O) groups is 2. The Morgan fingerprint density at radius 3 is 2.53 bits per heavy atom. The molecule has 0 aliphatic carbocycles. The Morgan fingerprint density at radius 2 is 1.97 bits per heavy atom. The van der Waals surface area contributed by atoms with Crippen molar-refractivity contribution >= 4 is 23.6 Å². The van der Waals surface area contributed by atoms with Crippen molar-refractivity contribution in [1.29, 1.82) is 0 Å². The zero-order chi connectivity index (χ0) is 21.6. The number of amides is 2. The van der Waals surface area contributed by atoms with Crippen molar-refractivity contribution in [3.05, 3.63) is 29.6 Å². The molecule has 4 rings (SSSR count). The largest absolute Gasteiger partial charge is 0.497 e. The number of nitrogens with zero attached hydrogens (tertiary/aromatic N) is 4. The molecule has 4 N–H and O–H groups in total. The lowest BCUT2D eigenvalue weighted by Gasteiger charge is -2.44. The molecule has 11 nitrogen and oxygen atoms in total. The van der Waals surface area contributed by atoms with Crippen LogP contribution in [0.2, 0.25) is 0 Å². The van der Waals surface area contributed by atoms with Gasteiger partial charge in [0.05, 0.1) is 14.2 Å². The molecule has 30 heavy (non-hydrogen) atoms.